The van der Waals surface area contributed by atoms with E-state index in [-0.39, 0.29) is 11.8 Å². The Hall–Kier alpha value is -2.56. The van der Waals surface area contributed by atoms with Crippen LogP contribution in [0.3, 0.4) is 0 Å². The van der Waals surface area contributed by atoms with Gasteiger partial charge in [-0.3, -0.25) is 9.59 Å². The van der Waals surface area contributed by atoms with Crippen molar-refractivity contribution >= 4 is 57.2 Å². The van der Waals surface area contributed by atoms with Crippen LogP contribution >= 0.6 is 23.2 Å². The molecule has 4 nitrogen and oxygen atoms in total. The fourth-order valence-electron chi connectivity index (χ4n) is 3.57. The molecule has 0 atom stereocenters. The lowest BCUT2D eigenvalue weighted by molar-refractivity contribution is 0.0991. The maximum absolute atomic E-state index is 12.8. The zero-order chi connectivity index (χ0) is 19.8. The molecule has 3 aromatic carbocycles. The summed E-state index contributed by atoms with van der Waals surface area (Å²) in [5.74, 6) is -0.295. The van der Waals surface area contributed by atoms with E-state index in [0.717, 1.165) is 29.3 Å². The summed E-state index contributed by atoms with van der Waals surface area (Å²) in [7, 11) is 0. The highest BCUT2D eigenvalue weighted by molar-refractivity contribution is 6.35. The summed E-state index contributed by atoms with van der Waals surface area (Å²) in [6.45, 7) is 2.79. The summed E-state index contributed by atoms with van der Waals surface area (Å²) in [5, 5.41) is 5.44. The molecule has 0 saturated carbocycles. The monoisotopic (exact) mass is 412 g/mol. The van der Waals surface area contributed by atoms with Crippen LogP contribution in [0.5, 0.6) is 0 Å². The van der Waals surface area contributed by atoms with E-state index >= 15 is 0 Å². The lowest BCUT2D eigenvalue weighted by Crippen LogP contribution is -2.27. The van der Waals surface area contributed by atoms with Gasteiger partial charge in [-0.2, -0.15) is 0 Å². The van der Waals surface area contributed by atoms with Crippen molar-refractivity contribution in [1.82, 2.24) is 0 Å². The number of carbonyl (C=O) groups excluding carboxylic acids is 2. The normalized spacial score (nSPS) is 12.7. The molecule has 2 amide bonds. The van der Waals surface area contributed by atoms with Crippen LogP contribution in [0.2, 0.25) is 10.0 Å². The Morgan fingerprint density at radius 2 is 1.82 bits per heavy atom. The lowest BCUT2D eigenvalue weighted by Gasteiger charge is -2.17. The van der Waals surface area contributed by atoms with E-state index in [1.165, 1.54) is 0 Å². The number of carbonyl (C=O) groups is 2. The second-order valence-electron chi connectivity index (χ2n) is 6.78. The largest absolute Gasteiger partial charge is 0.321 e. The average molecular weight is 413 g/mol. The highest BCUT2D eigenvalue weighted by Gasteiger charge is 2.30. The van der Waals surface area contributed by atoms with E-state index in [4.69, 9.17) is 23.2 Å². The van der Waals surface area contributed by atoms with Crippen LogP contribution in [0.25, 0.3) is 10.8 Å². The average Bonchev–Trinajstić information content (AvgIpc) is 2.94. The van der Waals surface area contributed by atoms with Crippen LogP contribution in [0.1, 0.15) is 40.5 Å². The molecule has 1 heterocycles. The fourth-order valence-corrected chi connectivity index (χ4v) is 4.10. The van der Waals surface area contributed by atoms with Gasteiger partial charge >= 0.3 is 0 Å². The molecule has 1 aliphatic rings. The molecule has 142 valence electrons. The first-order valence-corrected chi connectivity index (χ1v) is 9.90. The van der Waals surface area contributed by atoms with Gasteiger partial charge in [-0.1, -0.05) is 48.7 Å². The fraction of sp³-hybridized carbons (Fsp3) is 0.182. The molecular weight excluding hydrogens is 395 g/mol. The number of halogens is 2. The van der Waals surface area contributed by atoms with E-state index in [9.17, 15) is 9.59 Å². The summed E-state index contributed by atoms with van der Waals surface area (Å²) < 4.78 is 0. The summed E-state index contributed by atoms with van der Waals surface area (Å²) in [6, 6.07) is 14.0. The number of nitrogens with one attached hydrogen (secondary N) is 1. The second-order valence-corrected chi connectivity index (χ2v) is 7.66. The zero-order valence-electron chi connectivity index (χ0n) is 15.3. The summed E-state index contributed by atoms with van der Waals surface area (Å²) in [6.07, 6.45) is 1.95. The Kier molecular flexibility index (Phi) is 5.00. The number of anilines is 2. The van der Waals surface area contributed by atoms with E-state index in [2.05, 4.69) is 12.2 Å². The van der Waals surface area contributed by atoms with Crippen molar-refractivity contribution in [2.45, 2.75) is 19.8 Å². The molecule has 0 aliphatic carbocycles. The smallest absolute Gasteiger partial charge is 0.258 e. The van der Waals surface area contributed by atoms with Gasteiger partial charge in [0, 0.05) is 44.2 Å². The van der Waals surface area contributed by atoms with Crippen molar-refractivity contribution in [3.63, 3.8) is 0 Å². The molecule has 6 heteroatoms. The van der Waals surface area contributed by atoms with Crippen LogP contribution in [0, 0.1) is 0 Å². The highest BCUT2D eigenvalue weighted by Crippen LogP contribution is 2.40. The lowest BCUT2D eigenvalue weighted by atomic mass is 10.0. The van der Waals surface area contributed by atoms with Gasteiger partial charge in [0.25, 0.3) is 11.8 Å². The van der Waals surface area contributed by atoms with Crippen molar-refractivity contribution < 1.29 is 9.59 Å². The van der Waals surface area contributed by atoms with Crippen molar-refractivity contribution in [2.24, 2.45) is 0 Å². The number of benzene rings is 3. The molecule has 28 heavy (non-hydrogen) atoms. The van der Waals surface area contributed by atoms with E-state index in [1.807, 2.05) is 35.2 Å². The van der Waals surface area contributed by atoms with Crippen LogP contribution in [-0.2, 0) is 0 Å². The minimum atomic E-state index is -0.308. The number of rotatable bonds is 5. The second kappa shape index (κ2) is 7.46. The van der Waals surface area contributed by atoms with Crippen molar-refractivity contribution in [2.75, 3.05) is 16.8 Å². The Labute approximate surface area is 173 Å². The number of nitrogens with zero attached hydrogens (tertiary/aromatic N) is 1. The van der Waals surface area contributed by atoms with Gasteiger partial charge in [-0.25, -0.2) is 0 Å². The predicted molar refractivity (Wildman–Crippen MR) is 115 cm³/mol. The van der Waals surface area contributed by atoms with Crippen LogP contribution < -0.4 is 10.2 Å². The highest BCUT2D eigenvalue weighted by atomic mass is 35.5. The molecule has 0 bridgehead atoms. The third kappa shape index (κ3) is 3.23. The maximum Gasteiger partial charge on any atom is 0.258 e. The molecule has 0 spiro atoms. The molecule has 4 rings (SSSR count). The van der Waals surface area contributed by atoms with Crippen LogP contribution in [0.15, 0.2) is 48.5 Å². The standard InChI is InChI=1S/C22H18Cl2N2O2/c1-2-3-9-26-19-8-7-18(16-5-4-6-17(20(16)19)22(26)28)25-21(27)13-10-14(23)12-15(24)11-13/h4-8,10-12H,2-3,9H2,1H3,(H,25,27). The van der Waals surface area contributed by atoms with Gasteiger partial charge < -0.3 is 10.2 Å². The van der Waals surface area contributed by atoms with E-state index in [1.54, 1.807) is 18.2 Å². The SMILES string of the molecule is CCCCN1C(=O)c2cccc3c(NC(=O)c4cc(Cl)cc(Cl)c4)ccc1c23. The maximum atomic E-state index is 12.8. The minimum Gasteiger partial charge on any atom is -0.321 e. The Morgan fingerprint density at radius 3 is 2.54 bits per heavy atom. The van der Waals surface area contributed by atoms with E-state index in [0.29, 0.717) is 33.4 Å². The molecule has 3 aromatic rings. The molecule has 0 aromatic heterocycles. The van der Waals surface area contributed by atoms with Gasteiger partial charge in [0.2, 0.25) is 0 Å². The predicted octanol–water partition coefficient (Wildman–Crippen LogP) is 6.16. The third-order valence-corrected chi connectivity index (χ3v) is 5.33. The minimum absolute atomic E-state index is 0.0131. The van der Waals surface area contributed by atoms with Gasteiger partial charge in [-0.15, -0.1) is 0 Å². The first-order chi connectivity index (χ1) is 13.5. The Morgan fingerprint density at radius 1 is 1.07 bits per heavy atom. The van der Waals surface area contributed by atoms with Gasteiger partial charge in [-0.05, 0) is 42.8 Å². The quantitative estimate of drug-likeness (QED) is 0.545. The summed E-state index contributed by atoms with van der Waals surface area (Å²) >= 11 is 12.0. The van der Waals surface area contributed by atoms with Gasteiger partial charge in [0.15, 0.2) is 0 Å². The molecule has 0 radical (unpaired) electrons. The number of amides is 2. The van der Waals surface area contributed by atoms with Crippen molar-refractivity contribution in [1.29, 1.82) is 0 Å². The van der Waals surface area contributed by atoms with Crippen molar-refractivity contribution in [3.8, 4) is 0 Å². The first-order valence-electron chi connectivity index (χ1n) is 9.14. The van der Waals surface area contributed by atoms with Crippen LogP contribution in [-0.4, -0.2) is 18.4 Å². The topological polar surface area (TPSA) is 49.4 Å². The number of hydrogen-bond donors (Lipinski definition) is 1. The first kappa shape index (κ1) is 18.8. The molecule has 0 unspecified atom stereocenters. The number of unbranched alkanes of at least 4 members (excludes halogenated alkanes) is 1. The molecule has 1 aliphatic heterocycles. The molecular formula is C22H18Cl2N2O2. The Bertz CT molecular complexity index is 1090. The third-order valence-electron chi connectivity index (χ3n) is 4.89. The van der Waals surface area contributed by atoms with Crippen molar-refractivity contribution in [3.05, 3.63) is 69.7 Å². The van der Waals surface area contributed by atoms with Crippen LogP contribution in [0.4, 0.5) is 11.4 Å². The summed E-state index contributed by atoms with van der Waals surface area (Å²) in [4.78, 5) is 27.4. The number of hydrogen-bond acceptors (Lipinski definition) is 2. The molecule has 0 fully saturated rings. The summed E-state index contributed by atoms with van der Waals surface area (Å²) in [5.41, 5.74) is 2.59. The van der Waals surface area contributed by atoms with E-state index < -0.39 is 0 Å². The molecule has 0 saturated heterocycles. The Balaban J connectivity index is 1.74. The molecule has 1 N–H and O–H groups in total. The van der Waals surface area contributed by atoms with Gasteiger partial charge in [0.05, 0.1) is 5.69 Å². The zero-order valence-corrected chi connectivity index (χ0v) is 16.8. The van der Waals surface area contributed by atoms with Gasteiger partial charge in [0.1, 0.15) is 0 Å².